The third-order valence-electron chi connectivity index (χ3n) is 5.84. The molecule has 7 heteroatoms. The van der Waals surface area contributed by atoms with Gasteiger partial charge in [-0.15, -0.1) is 21.5 Å². The van der Waals surface area contributed by atoms with Gasteiger partial charge in [-0.25, -0.2) is 4.40 Å². The van der Waals surface area contributed by atoms with Crippen molar-refractivity contribution in [3.63, 3.8) is 0 Å². The minimum Gasteiger partial charge on any atom is -0.279 e. The summed E-state index contributed by atoms with van der Waals surface area (Å²) in [5.74, 6) is 2.34. The first-order valence-electron chi connectivity index (χ1n) is 9.84. The van der Waals surface area contributed by atoms with Crippen molar-refractivity contribution in [3.8, 4) is 0 Å². The second-order valence-corrected chi connectivity index (χ2v) is 10.8. The van der Waals surface area contributed by atoms with Crippen LogP contribution in [0.2, 0.25) is 0 Å². The number of hydrogen-bond acceptors (Lipinski definition) is 5. The Morgan fingerprint density at radius 1 is 1.30 bits per heavy atom. The first-order valence-corrected chi connectivity index (χ1v) is 11.6. The SMILES string of the molecule is CCCCSc1nnc2n(C)c(=O)c3c4c(sc3n12)C[C@@H](C(C)(C)C)CC4. The average molecular weight is 405 g/mol. The van der Waals surface area contributed by atoms with E-state index in [0.717, 1.165) is 46.8 Å². The lowest BCUT2D eigenvalue weighted by Crippen LogP contribution is -2.27. The topological polar surface area (TPSA) is 52.2 Å². The molecule has 0 spiro atoms. The molecule has 0 saturated carbocycles. The van der Waals surface area contributed by atoms with Crippen molar-refractivity contribution in [3.05, 3.63) is 20.8 Å². The molecule has 0 amide bonds. The Balaban J connectivity index is 1.90. The monoisotopic (exact) mass is 404 g/mol. The number of fused-ring (bicyclic) bond motifs is 5. The van der Waals surface area contributed by atoms with Crippen molar-refractivity contribution in [2.45, 2.75) is 65.0 Å². The van der Waals surface area contributed by atoms with Gasteiger partial charge in [-0.3, -0.25) is 9.36 Å². The van der Waals surface area contributed by atoms with Crippen LogP contribution >= 0.6 is 23.1 Å². The van der Waals surface area contributed by atoms with Crippen molar-refractivity contribution < 1.29 is 0 Å². The number of aromatic nitrogens is 4. The summed E-state index contributed by atoms with van der Waals surface area (Å²) in [5.41, 5.74) is 1.64. The van der Waals surface area contributed by atoms with Gasteiger partial charge in [0.25, 0.3) is 5.56 Å². The summed E-state index contributed by atoms with van der Waals surface area (Å²) in [6.45, 7) is 9.18. The molecular formula is C20H28N4OS2. The van der Waals surface area contributed by atoms with Crippen LogP contribution in [0.3, 0.4) is 0 Å². The maximum Gasteiger partial charge on any atom is 0.263 e. The van der Waals surface area contributed by atoms with Crippen LogP contribution in [0.5, 0.6) is 0 Å². The molecule has 0 unspecified atom stereocenters. The van der Waals surface area contributed by atoms with Gasteiger partial charge in [0.1, 0.15) is 4.83 Å². The van der Waals surface area contributed by atoms with Crippen molar-refractivity contribution in [1.29, 1.82) is 0 Å². The summed E-state index contributed by atoms with van der Waals surface area (Å²) in [7, 11) is 1.82. The second-order valence-electron chi connectivity index (χ2n) is 8.67. The number of thiophene rings is 1. The van der Waals surface area contributed by atoms with E-state index in [1.54, 1.807) is 27.7 Å². The zero-order chi connectivity index (χ0) is 19.3. The third-order valence-corrected chi connectivity index (χ3v) is 8.09. The Hall–Kier alpha value is -1.34. The minimum absolute atomic E-state index is 0.0710. The maximum absolute atomic E-state index is 13.1. The highest BCUT2D eigenvalue weighted by Crippen LogP contribution is 2.42. The molecular weight excluding hydrogens is 376 g/mol. The van der Waals surface area contributed by atoms with Crippen molar-refractivity contribution in [2.24, 2.45) is 18.4 Å². The number of nitrogens with zero attached hydrogens (tertiary/aromatic N) is 4. The standard InChI is InChI=1S/C20H28N4OS2/c1-6-7-10-26-19-22-21-18-23(5)16(25)15-13-9-8-12(20(2,3)4)11-14(13)27-17(15)24(18)19/h12H,6-11H2,1-5H3/t12-/m0/s1. The van der Waals surface area contributed by atoms with E-state index in [2.05, 4.69) is 42.3 Å². The largest absolute Gasteiger partial charge is 0.279 e. The van der Waals surface area contributed by atoms with Crippen LogP contribution in [-0.2, 0) is 19.9 Å². The molecule has 3 aromatic rings. The van der Waals surface area contributed by atoms with Gasteiger partial charge in [-0.05, 0) is 42.6 Å². The van der Waals surface area contributed by atoms with Gasteiger partial charge in [-0.2, -0.15) is 0 Å². The Labute approximate surface area is 168 Å². The highest BCUT2D eigenvalue weighted by Gasteiger charge is 2.32. The van der Waals surface area contributed by atoms with Gasteiger partial charge < -0.3 is 0 Å². The average Bonchev–Trinajstić information content (AvgIpc) is 3.20. The van der Waals surface area contributed by atoms with Gasteiger partial charge in [-0.1, -0.05) is 45.9 Å². The van der Waals surface area contributed by atoms with Crippen LogP contribution in [0.4, 0.5) is 0 Å². The van der Waals surface area contributed by atoms with Crippen LogP contribution in [0.15, 0.2) is 9.95 Å². The summed E-state index contributed by atoms with van der Waals surface area (Å²) >= 11 is 3.53. The summed E-state index contributed by atoms with van der Waals surface area (Å²) in [5, 5.41) is 10.5. The molecule has 3 heterocycles. The summed E-state index contributed by atoms with van der Waals surface area (Å²) in [6, 6.07) is 0. The number of thioether (sulfide) groups is 1. The fraction of sp³-hybridized carbons (Fsp3) is 0.650. The summed E-state index contributed by atoms with van der Waals surface area (Å²) in [4.78, 5) is 15.5. The van der Waals surface area contributed by atoms with Crippen LogP contribution in [-0.4, -0.2) is 24.9 Å². The van der Waals surface area contributed by atoms with E-state index in [4.69, 9.17) is 0 Å². The zero-order valence-corrected chi connectivity index (χ0v) is 18.5. The molecule has 146 valence electrons. The van der Waals surface area contributed by atoms with Crippen LogP contribution in [0.1, 0.15) is 57.4 Å². The van der Waals surface area contributed by atoms with E-state index < -0.39 is 0 Å². The number of rotatable bonds is 4. The van der Waals surface area contributed by atoms with Crippen molar-refractivity contribution in [1.82, 2.24) is 19.2 Å². The Kier molecular flexibility index (Phi) is 4.87. The molecule has 0 aliphatic heterocycles. The smallest absolute Gasteiger partial charge is 0.263 e. The zero-order valence-electron chi connectivity index (χ0n) is 16.8. The second kappa shape index (κ2) is 6.92. The van der Waals surface area contributed by atoms with Gasteiger partial charge in [0.2, 0.25) is 5.78 Å². The lowest BCUT2D eigenvalue weighted by molar-refractivity contribution is 0.218. The van der Waals surface area contributed by atoms with Crippen LogP contribution in [0, 0.1) is 11.3 Å². The van der Waals surface area contributed by atoms with Gasteiger partial charge in [0, 0.05) is 17.7 Å². The molecule has 0 fully saturated rings. The first kappa shape index (κ1) is 19.0. The van der Waals surface area contributed by atoms with Gasteiger partial charge in [0.05, 0.1) is 5.39 Å². The summed E-state index contributed by atoms with van der Waals surface area (Å²) < 4.78 is 3.79. The third kappa shape index (κ3) is 3.12. The highest BCUT2D eigenvalue weighted by atomic mass is 32.2. The lowest BCUT2D eigenvalue weighted by Gasteiger charge is -2.33. The Morgan fingerprint density at radius 3 is 2.78 bits per heavy atom. The quantitative estimate of drug-likeness (QED) is 0.468. The molecule has 0 aromatic carbocycles. The van der Waals surface area contributed by atoms with E-state index in [9.17, 15) is 4.79 Å². The first-order chi connectivity index (χ1) is 12.8. The van der Waals surface area contributed by atoms with E-state index in [1.165, 1.54) is 16.9 Å². The molecule has 3 aromatic heterocycles. The van der Waals surface area contributed by atoms with E-state index in [-0.39, 0.29) is 5.56 Å². The Bertz CT molecular complexity index is 1050. The van der Waals surface area contributed by atoms with Crippen molar-refractivity contribution >= 4 is 39.1 Å². The normalized spacial score (nSPS) is 17.7. The molecule has 1 aliphatic rings. The van der Waals surface area contributed by atoms with E-state index >= 15 is 0 Å². The van der Waals surface area contributed by atoms with Crippen LogP contribution < -0.4 is 5.56 Å². The van der Waals surface area contributed by atoms with Gasteiger partial charge >= 0.3 is 0 Å². The molecule has 1 aliphatic carbocycles. The fourth-order valence-corrected chi connectivity index (χ4v) is 6.50. The van der Waals surface area contributed by atoms with Gasteiger partial charge in [0.15, 0.2) is 5.16 Å². The highest BCUT2D eigenvalue weighted by molar-refractivity contribution is 7.99. The molecule has 5 nitrogen and oxygen atoms in total. The Morgan fingerprint density at radius 2 is 2.07 bits per heavy atom. The molecule has 0 saturated heterocycles. The number of unbranched alkanes of at least 4 members (excludes halogenated alkanes) is 1. The van der Waals surface area contributed by atoms with E-state index in [0.29, 0.717) is 17.1 Å². The molecule has 1 atom stereocenters. The molecule has 0 bridgehead atoms. The van der Waals surface area contributed by atoms with Crippen molar-refractivity contribution in [2.75, 3.05) is 5.75 Å². The maximum atomic E-state index is 13.1. The molecule has 4 rings (SSSR count). The summed E-state index contributed by atoms with van der Waals surface area (Å²) in [6.07, 6.45) is 5.55. The minimum atomic E-state index is 0.0710. The lowest BCUT2D eigenvalue weighted by atomic mass is 9.72. The number of aryl methyl sites for hydroxylation is 2. The fourth-order valence-electron chi connectivity index (χ4n) is 4.01. The predicted octanol–water partition coefficient (Wildman–Crippen LogP) is 4.69. The predicted molar refractivity (Wildman–Crippen MR) is 114 cm³/mol. The molecule has 0 N–H and O–H groups in total. The van der Waals surface area contributed by atoms with E-state index in [1.807, 2.05) is 7.05 Å². The molecule has 0 radical (unpaired) electrons. The van der Waals surface area contributed by atoms with Crippen LogP contribution in [0.25, 0.3) is 16.0 Å². The molecule has 27 heavy (non-hydrogen) atoms. The number of hydrogen-bond donors (Lipinski definition) is 0.